The van der Waals surface area contributed by atoms with Gasteiger partial charge in [-0.3, -0.25) is 0 Å². The molecule has 4 N–H and O–H groups in total. The van der Waals surface area contributed by atoms with Gasteiger partial charge in [-0.25, -0.2) is 0 Å². The Hall–Kier alpha value is -1.55. The molecule has 106 valence electrons. The van der Waals surface area contributed by atoms with Gasteiger partial charge in [0, 0.05) is 6.54 Å². The second-order valence-electron chi connectivity index (χ2n) is 4.83. The van der Waals surface area contributed by atoms with Crippen LogP contribution in [0.2, 0.25) is 0 Å². The number of nitrogens with one attached hydrogen (secondary N) is 1. The summed E-state index contributed by atoms with van der Waals surface area (Å²) in [6.45, 7) is 6.06. The van der Waals surface area contributed by atoms with Crippen molar-refractivity contribution in [1.82, 2.24) is 5.32 Å². The lowest BCUT2D eigenvalue weighted by Gasteiger charge is -2.19. The van der Waals surface area contributed by atoms with Gasteiger partial charge in [-0.2, -0.15) is 0 Å². The first-order valence-corrected chi connectivity index (χ1v) is 6.95. The number of rotatable bonds is 8. The summed E-state index contributed by atoms with van der Waals surface area (Å²) in [5.74, 6) is 0.854. The van der Waals surface area contributed by atoms with E-state index in [0.717, 1.165) is 12.1 Å². The SMILES string of the molecule is CCC(CC)CNCC(/C(N)=N/O)c1ccccc1. The third kappa shape index (κ3) is 4.91. The molecule has 0 aliphatic heterocycles. The van der Waals surface area contributed by atoms with E-state index in [1.165, 1.54) is 12.8 Å². The van der Waals surface area contributed by atoms with Crippen molar-refractivity contribution in [3.05, 3.63) is 35.9 Å². The third-order valence-electron chi connectivity index (χ3n) is 3.61. The molecule has 0 aliphatic carbocycles. The van der Waals surface area contributed by atoms with Gasteiger partial charge < -0.3 is 16.3 Å². The molecule has 0 aliphatic rings. The van der Waals surface area contributed by atoms with Crippen molar-refractivity contribution in [1.29, 1.82) is 0 Å². The highest BCUT2D eigenvalue weighted by atomic mass is 16.4. The second-order valence-corrected chi connectivity index (χ2v) is 4.83. The number of hydrogen-bond acceptors (Lipinski definition) is 3. The number of amidine groups is 1. The molecular weight excluding hydrogens is 238 g/mol. The number of nitrogens with two attached hydrogens (primary N) is 1. The maximum absolute atomic E-state index is 8.90. The maximum Gasteiger partial charge on any atom is 0.147 e. The fraction of sp³-hybridized carbons (Fsp3) is 0.533. The van der Waals surface area contributed by atoms with Crippen molar-refractivity contribution < 1.29 is 5.21 Å². The van der Waals surface area contributed by atoms with Gasteiger partial charge in [-0.05, 0) is 18.0 Å². The first-order chi connectivity index (χ1) is 9.22. The minimum atomic E-state index is -0.0828. The minimum absolute atomic E-state index is 0.0828. The van der Waals surface area contributed by atoms with Crippen molar-refractivity contribution in [2.75, 3.05) is 13.1 Å². The molecule has 0 aromatic heterocycles. The van der Waals surface area contributed by atoms with Crippen molar-refractivity contribution in [2.24, 2.45) is 16.8 Å². The summed E-state index contributed by atoms with van der Waals surface area (Å²) < 4.78 is 0. The largest absolute Gasteiger partial charge is 0.409 e. The average Bonchev–Trinajstić information content (AvgIpc) is 2.48. The van der Waals surface area contributed by atoms with Crippen LogP contribution >= 0.6 is 0 Å². The Morgan fingerprint density at radius 2 is 1.84 bits per heavy atom. The summed E-state index contributed by atoms with van der Waals surface area (Å²) in [5, 5.41) is 15.5. The second kappa shape index (κ2) is 8.53. The summed E-state index contributed by atoms with van der Waals surface area (Å²) in [4.78, 5) is 0. The molecule has 0 amide bonds. The van der Waals surface area contributed by atoms with E-state index in [2.05, 4.69) is 24.3 Å². The number of benzene rings is 1. The van der Waals surface area contributed by atoms with E-state index in [-0.39, 0.29) is 11.8 Å². The van der Waals surface area contributed by atoms with Gasteiger partial charge in [-0.1, -0.05) is 62.2 Å². The number of nitrogens with zero attached hydrogens (tertiary/aromatic N) is 1. The summed E-state index contributed by atoms with van der Waals surface area (Å²) in [6, 6.07) is 9.90. The van der Waals surface area contributed by atoms with Gasteiger partial charge in [0.15, 0.2) is 0 Å². The van der Waals surface area contributed by atoms with Crippen LogP contribution in [0.15, 0.2) is 35.5 Å². The Labute approximate surface area is 115 Å². The van der Waals surface area contributed by atoms with E-state index in [1.54, 1.807) is 0 Å². The average molecular weight is 263 g/mol. The van der Waals surface area contributed by atoms with Gasteiger partial charge in [-0.15, -0.1) is 0 Å². The highest BCUT2D eigenvalue weighted by Gasteiger charge is 2.16. The Morgan fingerprint density at radius 3 is 2.37 bits per heavy atom. The molecule has 1 rings (SSSR count). The smallest absolute Gasteiger partial charge is 0.147 e. The van der Waals surface area contributed by atoms with Crippen LogP contribution < -0.4 is 11.1 Å². The van der Waals surface area contributed by atoms with Crippen molar-refractivity contribution in [2.45, 2.75) is 32.6 Å². The van der Waals surface area contributed by atoms with Gasteiger partial charge >= 0.3 is 0 Å². The van der Waals surface area contributed by atoms with Crippen LogP contribution in [-0.4, -0.2) is 24.1 Å². The summed E-state index contributed by atoms with van der Waals surface area (Å²) in [6.07, 6.45) is 2.34. The maximum atomic E-state index is 8.90. The Morgan fingerprint density at radius 1 is 1.21 bits per heavy atom. The molecule has 4 nitrogen and oxygen atoms in total. The molecule has 4 heteroatoms. The lowest BCUT2D eigenvalue weighted by Crippen LogP contribution is -2.33. The molecule has 1 atom stereocenters. The van der Waals surface area contributed by atoms with Crippen molar-refractivity contribution >= 4 is 5.84 Å². The van der Waals surface area contributed by atoms with Crippen molar-refractivity contribution in [3.8, 4) is 0 Å². The molecule has 0 heterocycles. The normalized spacial score (nSPS) is 13.7. The zero-order valence-corrected chi connectivity index (χ0v) is 11.8. The van der Waals surface area contributed by atoms with Crippen LogP contribution in [0.1, 0.15) is 38.2 Å². The van der Waals surface area contributed by atoms with E-state index >= 15 is 0 Å². The molecule has 0 spiro atoms. The standard InChI is InChI=1S/C15H25N3O/c1-3-12(4-2)10-17-11-14(15(16)18-19)13-8-6-5-7-9-13/h5-9,12,14,17,19H,3-4,10-11H2,1-2H3,(H2,16,18). The lowest BCUT2D eigenvalue weighted by atomic mass is 9.97. The van der Waals surface area contributed by atoms with E-state index in [4.69, 9.17) is 10.9 Å². The lowest BCUT2D eigenvalue weighted by molar-refractivity contribution is 0.315. The highest BCUT2D eigenvalue weighted by molar-refractivity contribution is 5.87. The first-order valence-electron chi connectivity index (χ1n) is 6.95. The molecule has 0 saturated heterocycles. The van der Waals surface area contributed by atoms with Crippen LogP contribution in [-0.2, 0) is 0 Å². The predicted octanol–water partition coefficient (Wildman–Crippen LogP) is 2.54. The summed E-state index contributed by atoms with van der Waals surface area (Å²) in [5.41, 5.74) is 6.86. The van der Waals surface area contributed by atoms with Crippen LogP contribution in [0.25, 0.3) is 0 Å². The van der Waals surface area contributed by atoms with Gasteiger partial charge in [0.05, 0.1) is 5.92 Å². The molecule has 0 bridgehead atoms. The van der Waals surface area contributed by atoms with Crippen LogP contribution in [0, 0.1) is 5.92 Å². The zero-order valence-electron chi connectivity index (χ0n) is 11.8. The summed E-state index contributed by atoms with van der Waals surface area (Å²) >= 11 is 0. The molecule has 1 unspecified atom stereocenters. The monoisotopic (exact) mass is 263 g/mol. The van der Waals surface area contributed by atoms with Gasteiger partial charge in [0.1, 0.15) is 5.84 Å². The number of oxime groups is 1. The molecule has 1 aromatic rings. The quantitative estimate of drug-likeness (QED) is 0.292. The number of hydrogen-bond donors (Lipinski definition) is 3. The van der Waals surface area contributed by atoms with Gasteiger partial charge in [0.25, 0.3) is 0 Å². The Balaban J connectivity index is 2.62. The van der Waals surface area contributed by atoms with E-state index < -0.39 is 0 Å². The van der Waals surface area contributed by atoms with E-state index in [0.29, 0.717) is 12.5 Å². The molecule has 0 saturated carbocycles. The van der Waals surface area contributed by atoms with E-state index in [9.17, 15) is 0 Å². The fourth-order valence-corrected chi connectivity index (χ4v) is 2.16. The molecule has 19 heavy (non-hydrogen) atoms. The Kier molecular flexibility index (Phi) is 6.97. The van der Waals surface area contributed by atoms with E-state index in [1.807, 2.05) is 30.3 Å². The highest BCUT2D eigenvalue weighted by Crippen LogP contribution is 2.15. The predicted molar refractivity (Wildman–Crippen MR) is 79.5 cm³/mol. The van der Waals surface area contributed by atoms with Crippen molar-refractivity contribution in [3.63, 3.8) is 0 Å². The van der Waals surface area contributed by atoms with Crippen LogP contribution in [0.4, 0.5) is 0 Å². The third-order valence-corrected chi connectivity index (χ3v) is 3.61. The molecule has 1 aromatic carbocycles. The van der Waals surface area contributed by atoms with Crippen LogP contribution in [0.3, 0.4) is 0 Å². The Bertz CT molecular complexity index is 374. The van der Waals surface area contributed by atoms with Crippen LogP contribution in [0.5, 0.6) is 0 Å². The molecular formula is C15H25N3O. The first kappa shape index (κ1) is 15.5. The molecule has 0 radical (unpaired) electrons. The topological polar surface area (TPSA) is 70.6 Å². The molecule has 0 fully saturated rings. The van der Waals surface area contributed by atoms with Gasteiger partial charge in [0.2, 0.25) is 0 Å². The fourth-order valence-electron chi connectivity index (χ4n) is 2.16. The summed E-state index contributed by atoms with van der Waals surface area (Å²) in [7, 11) is 0. The zero-order chi connectivity index (χ0) is 14.1. The minimum Gasteiger partial charge on any atom is -0.409 e.